The minimum atomic E-state index is -0.674. The van der Waals surface area contributed by atoms with E-state index in [2.05, 4.69) is 11.4 Å². The van der Waals surface area contributed by atoms with Gasteiger partial charge in [-0.2, -0.15) is 5.26 Å². The largest absolute Gasteiger partial charge is 0.463 e. The molecule has 0 saturated carbocycles. The summed E-state index contributed by atoms with van der Waals surface area (Å²) in [5.74, 6) is -0.481. The third-order valence-corrected chi connectivity index (χ3v) is 4.62. The van der Waals surface area contributed by atoms with Crippen molar-refractivity contribution >= 4 is 12.0 Å². The van der Waals surface area contributed by atoms with Crippen molar-refractivity contribution < 1.29 is 14.3 Å². The van der Waals surface area contributed by atoms with E-state index in [1.54, 1.807) is 38.1 Å². The van der Waals surface area contributed by atoms with Crippen LogP contribution in [0.1, 0.15) is 36.6 Å². The van der Waals surface area contributed by atoms with Gasteiger partial charge >= 0.3 is 12.0 Å². The summed E-state index contributed by atoms with van der Waals surface area (Å²) in [4.78, 5) is 27.1. The van der Waals surface area contributed by atoms with Gasteiger partial charge in [-0.25, -0.2) is 9.59 Å². The maximum absolute atomic E-state index is 12.8. The van der Waals surface area contributed by atoms with Crippen LogP contribution in [0.4, 0.5) is 4.79 Å². The maximum atomic E-state index is 12.8. The van der Waals surface area contributed by atoms with Crippen LogP contribution in [0.2, 0.25) is 0 Å². The van der Waals surface area contributed by atoms with Crippen molar-refractivity contribution in [3.63, 3.8) is 0 Å². The molecule has 1 aliphatic rings. The summed E-state index contributed by atoms with van der Waals surface area (Å²) in [6.45, 7) is 4.05. The third kappa shape index (κ3) is 3.89. The summed E-state index contributed by atoms with van der Waals surface area (Å²) >= 11 is 0. The molecule has 1 unspecified atom stereocenters. The number of nitrogens with zero attached hydrogens (tertiary/aromatic N) is 2. The summed E-state index contributed by atoms with van der Waals surface area (Å²) in [5, 5.41) is 12.1. The van der Waals surface area contributed by atoms with Gasteiger partial charge in [0.1, 0.15) is 0 Å². The molecular weight excluding hydrogens is 354 g/mol. The van der Waals surface area contributed by atoms with Crippen molar-refractivity contribution in [2.75, 3.05) is 6.61 Å². The second-order valence-electron chi connectivity index (χ2n) is 6.41. The monoisotopic (exact) mass is 375 g/mol. The predicted molar refractivity (Wildman–Crippen MR) is 104 cm³/mol. The lowest BCUT2D eigenvalue weighted by atomic mass is 9.93. The predicted octanol–water partition coefficient (Wildman–Crippen LogP) is 3.66. The van der Waals surface area contributed by atoms with E-state index in [0.29, 0.717) is 28.9 Å². The second kappa shape index (κ2) is 8.40. The summed E-state index contributed by atoms with van der Waals surface area (Å²) in [6, 6.07) is 17.5. The number of nitrogens with one attached hydrogen (secondary N) is 1. The van der Waals surface area contributed by atoms with Gasteiger partial charge in [0, 0.05) is 5.70 Å². The molecule has 6 heteroatoms. The first-order chi connectivity index (χ1) is 13.5. The average molecular weight is 375 g/mol. The van der Waals surface area contributed by atoms with E-state index < -0.39 is 12.0 Å². The summed E-state index contributed by atoms with van der Waals surface area (Å²) in [7, 11) is 0. The molecule has 142 valence electrons. The highest BCUT2D eigenvalue weighted by atomic mass is 16.5. The number of hydrogen-bond donors (Lipinski definition) is 1. The highest BCUT2D eigenvalue weighted by molar-refractivity contribution is 5.95. The van der Waals surface area contributed by atoms with E-state index in [4.69, 9.17) is 4.74 Å². The van der Waals surface area contributed by atoms with Crippen molar-refractivity contribution in [1.29, 1.82) is 5.26 Å². The summed E-state index contributed by atoms with van der Waals surface area (Å²) in [6.07, 6.45) is 0. The molecular formula is C22H21N3O3. The molecule has 28 heavy (non-hydrogen) atoms. The first kappa shape index (κ1) is 19.2. The van der Waals surface area contributed by atoms with Gasteiger partial charge in [0.2, 0.25) is 0 Å². The number of carbonyl (C=O) groups excluding carboxylic acids is 2. The van der Waals surface area contributed by atoms with Gasteiger partial charge in [0.25, 0.3) is 0 Å². The van der Waals surface area contributed by atoms with E-state index in [9.17, 15) is 14.9 Å². The number of nitriles is 1. The lowest BCUT2D eigenvalue weighted by Crippen LogP contribution is -2.47. The molecule has 2 aromatic rings. The van der Waals surface area contributed by atoms with Crippen molar-refractivity contribution in [2.45, 2.75) is 26.4 Å². The molecule has 0 fully saturated rings. The van der Waals surface area contributed by atoms with Crippen LogP contribution in [0.3, 0.4) is 0 Å². The number of benzene rings is 2. The number of allylic oxidation sites excluding steroid dienone is 1. The molecule has 0 saturated heterocycles. The fourth-order valence-electron chi connectivity index (χ4n) is 3.25. The Morgan fingerprint density at radius 2 is 1.96 bits per heavy atom. The number of carbonyl (C=O) groups is 2. The van der Waals surface area contributed by atoms with E-state index in [-0.39, 0.29) is 12.6 Å². The van der Waals surface area contributed by atoms with Crippen molar-refractivity contribution in [2.24, 2.45) is 0 Å². The zero-order chi connectivity index (χ0) is 20.1. The van der Waals surface area contributed by atoms with E-state index >= 15 is 0 Å². The zero-order valence-electron chi connectivity index (χ0n) is 15.8. The Bertz CT molecular complexity index is 960. The average Bonchev–Trinajstić information content (AvgIpc) is 2.71. The highest BCUT2D eigenvalue weighted by Crippen LogP contribution is 2.32. The molecule has 2 amide bonds. The van der Waals surface area contributed by atoms with Gasteiger partial charge in [0.15, 0.2) is 0 Å². The Morgan fingerprint density at radius 1 is 1.21 bits per heavy atom. The van der Waals surface area contributed by atoms with Crippen LogP contribution in [0, 0.1) is 11.3 Å². The van der Waals surface area contributed by atoms with Crippen LogP contribution < -0.4 is 5.32 Å². The van der Waals surface area contributed by atoms with Crippen LogP contribution in [-0.4, -0.2) is 23.5 Å². The van der Waals surface area contributed by atoms with Gasteiger partial charge in [-0.05, 0) is 37.1 Å². The lowest BCUT2D eigenvalue weighted by molar-refractivity contribution is -0.139. The molecule has 6 nitrogen and oxygen atoms in total. The number of ether oxygens (including phenoxy) is 1. The quantitative estimate of drug-likeness (QED) is 0.809. The van der Waals surface area contributed by atoms with Crippen LogP contribution in [0.15, 0.2) is 65.9 Å². The van der Waals surface area contributed by atoms with Gasteiger partial charge in [-0.1, -0.05) is 42.5 Å². The third-order valence-electron chi connectivity index (χ3n) is 4.62. The molecule has 0 radical (unpaired) electrons. The molecule has 0 spiro atoms. The Hall–Kier alpha value is -3.59. The Balaban J connectivity index is 2.05. The summed E-state index contributed by atoms with van der Waals surface area (Å²) < 4.78 is 5.25. The standard InChI is InChI=1S/C22H21N3O3/c1-3-28-21(26)19-15(2)25(14-16-8-5-4-6-9-16)22(27)24-20(19)18-11-7-10-17(12-18)13-23/h4-12,20H,3,14H2,1-2H3,(H,24,27). The number of urea groups is 1. The molecule has 1 heterocycles. The summed E-state index contributed by atoms with van der Waals surface area (Å²) in [5.41, 5.74) is 2.98. The molecule has 0 bridgehead atoms. The van der Waals surface area contributed by atoms with Crippen LogP contribution in [-0.2, 0) is 16.1 Å². The number of rotatable bonds is 5. The number of esters is 1. The topological polar surface area (TPSA) is 82.4 Å². The molecule has 0 aliphatic carbocycles. The first-order valence-electron chi connectivity index (χ1n) is 9.05. The first-order valence-corrected chi connectivity index (χ1v) is 9.05. The highest BCUT2D eigenvalue weighted by Gasteiger charge is 2.36. The Labute approximate surface area is 164 Å². The van der Waals surface area contributed by atoms with Crippen LogP contribution in [0.5, 0.6) is 0 Å². The van der Waals surface area contributed by atoms with Crippen LogP contribution >= 0.6 is 0 Å². The fourth-order valence-corrected chi connectivity index (χ4v) is 3.25. The fraction of sp³-hybridized carbons (Fsp3) is 0.227. The zero-order valence-corrected chi connectivity index (χ0v) is 15.8. The number of amides is 2. The molecule has 1 atom stereocenters. The molecule has 3 rings (SSSR count). The van der Waals surface area contributed by atoms with Crippen molar-refractivity contribution in [1.82, 2.24) is 10.2 Å². The molecule has 1 N–H and O–H groups in total. The smallest absolute Gasteiger partial charge is 0.338 e. The van der Waals surface area contributed by atoms with Gasteiger partial charge < -0.3 is 10.1 Å². The van der Waals surface area contributed by atoms with E-state index in [0.717, 1.165) is 5.56 Å². The minimum Gasteiger partial charge on any atom is -0.463 e. The van der Waals surface area contributed by atoms with Gasteiger partial charge in [0.05, 0.1) is 36.4 Å². The van der Waals surface area contributed by atoms with Gasteiger partial charge in [-0.15, -0.1) is 0 Å². The second-order valence-corrected chi connectivity index (χ2v) is 6.41. The minimum absolute atomic E-state index is 0.229. The normalized spacial score (nSPS) is 16.4. The molecule has 1 aliphatic heterocycles. The Kier molecular flexibility index (Phi) is 5.75. The molecule has 2 aromatic carbocycles. The molecule has 0 aromatic heterocycles. The van der Waals surface area contributed by atoms with Crippen molar-refractivity contribution in [3.05, 3.63) is 82.6 Å². The lowest BCUT2D eigenvalue weighted by Gasteiger charge is -2.35. The maximum Gasteiger partial charge on any atom is 0.338 e. The van der Waals surface area contributed by atoms with E-state index in [1.165, 1.54) is 4.90 Å². The van der Waals surface area contributed by atoms with Gasteiger partial charge in [-0.3, -0.25) is 4.90 Å². The Morgan fingerprint density at radius 3 is 2.64 bits per heavy atom. The number of hydrogen-bond acceptors (Lipinski definition) is 4. The van der Waals surface area contributed by atoms with E-state index in [1.807, 2.05) is 30.3 Å². The SMILES string of the molecule is CCOC(=O)C1=C(C)N(Cc2ccccc2)C(=O)NC1c1cccc(C#N)c1. The van der Waals surface area contributed by atoms with Crippen LogP contribution in [0.25, 0.3) is 0 Å². The van der Waals surface area contributed by atoms with Crippen molar-refractivity contribution in [3.8, 4) is 6.07 Å².